The second kappa shape index (κ2) is 0.485. The van der Waals surface area contributed by atoms with Crippen LogP contribution >= 0.6 is 0 Å². The molecule has 0 aromatic rings. The van der Waals surface area contributed by atoms with Crippen molar-refractivity contribution in [3.63, 3.8) is 0 Å². The summed E-state index contributed by atoms with van der Waals surface area (Å²) in [7, 11) is 0. The van der Waals surface area contributed by atoms with E-state index in [4.69, 9.17) is 0 Å². The molecule has 2 fully saturated rings. The molecule has 0 bridgehead atoms. The van der Waals surface area contributed by atoms with E-state index in [1.807, 2.05) is 0 Å². The summed E-state index contributed by atoms with van der Waals surface area (Å²) < 4.78 is 0. The van der Waals surface area contributed by atoms with Gasteiger partial charge >= 0.3 is 0 Å². The summed E-state index contributed by atoms with van der Waals surface area (Å²) in [6.45, 7) is 2.46. The predicted molar refractivity (Wildman–Crippen MR) is 25.9 cm³/mol. The molecule has 2 saturated heterocycles. The van der Waals surface area contributed by atoms with E-state index in [0.29, 0.717) is 0 Å². The van der Waals surface area contributed by atoms with E-state index in [1.54, 1.807) is 18.9 Å². The fraction of sp³-hybridized carbons (Fsp3) is 1.00. The maximum absolute atomic E-state index is 1.58. The molecule has 5 heavy (non-hydrogen) atoms. The van der Waals surface area contributed by atoms with E-state index >= 15 is 0 Å². The Morgan fingerprint density at radius 3 is 1.60 bits per heavy atom. The van der Waals surface area contributed by atoms with E-state index in [1.165, 1.54) is 13.2 Å². The largest absolute Gasteiger partial charge is 0.107 e. The molecule has 0 aliphatic carbocycles. The van der Waals surface area contributed by atoms with E-state index < -0.39 is 0 Å². The van der Waals surface area contributed by atoms with Crippen LogP contribution in [0.4, 0.5) is 0 Å². The highest BCUT2D eigenvalue weighted by Gasteiger charge is 2.50. The molecule has 2 heterocycles. The summed E-state index contributed by atoms with van der Waals surface area (Å²) in [5.74, 6) is 0. The van der Waals surface area contributed by atoms with Gasteiger partial charge in [-0.25, -0.2) is 0 Å². The molecule has 0 atom stereocenters. The highest BCUT2D eigenvalue weighted by molar-refractivity contribution is 7.44. The van der Waals surface area contributed by atoms with Gasteiger partial charge in [-0.15, -0.1) is 6.22 Å². The molecule has 24 valence electrons. The van der Waals surface area contributed by atoms with Gasteiger partial charge in [-0.2, -0.15) is 0 Å². The van der Waals surface area contributed by atoms with Gasteiger partial charge in [-0.05, 0) is 0 Å². The molecule has 2 aliphatic heterocycles. The predicted octanol–water partition coefficient (Wildman–Crippen LogP) is 0.621. The van der Waals surface area contributed by atoms with Crippen molar-refractivity contribution in [2.45, 2.75) is 18.9 Å². The van der Waals surface area contributed by atoms with Crippen molar-refractivity contribution in [1.29, 1.82) is 0 Å². The lowest BCUT2D eigenvalue weighted by molar-refractivity contribution is 1.40. The van der Waals surface area contributed by atoms with Crippen molar-refractivity contribution < 1.29 is 0 Å². The van der Waals surface area contributed by atoms with E-state index in [-0.39, 0.29) is 0 Å². The quantitative estimate of drug-likeness (QED) is 0.362. The molecule has 0 amide bonds. The third-order valence-electron chi connectivity index (χ3n) is 1.98. The Bertz CT molecular complexity index is 49.9. The number of fused-ring (bicyclic) bond motifs is 1. The smallest absolute Gasteiger partial charge is 0.0994 e. The standard InChI is InChI=1S/C3H6B2/c1-2-5-3-4(1)5/h1-3H2. The van der Waals surface area contributed by atoms with E-state index in [0.717, 1.165) is 0 Å². The topological polar surface area (TPSA) is 0 Å². The minimum absolute atomic E-state index is 1.23. The highest BCUT2D eigenvalue weighted by Crippen LogP contribution is 2.39. The Balaban J connectivity index is 2.19. The third-order valence-corrected chi connectivity index (χ3v) is 1.98. The maximum atomic E-state index is 1.58. The van der Waals surface area contributed by atoms with Crippen molar-refractivity contribution >= 4 is 13.2 Å². The summed E-state index contributed by atoms with van der Waals surface area (Å²) in [5, 5.41) is 0. The lowest BCUT2D eigenvalue weighted by Gasteiger charge is -2.00. The molecule has 0 unspecified atom stereocenters. The molecule has 0 saturated carbocycles. The summed E-state index contributed by atoms with van der Waals surface area (Å²) in [6, 6.07) is 0. The van der Waals surface area contributed by atoms with Crippen LogP contribution in [0.15, 0.2) is 0 Å². The fourth-order valence-corrected chi connectivity index (χ4v) is 1.18. The molecule has 0 nitrogen and oxygen atoms in total. The molecule has 0 spiro atoms. The first-order valence-corrected chi connectivity index (χ1v) is 2.47. The molecular formula is C3H6B2. The molecular weight excluding hydrogens is 57.7 g/mol. The number of hydrogen-bond acceptors (Lipinski definition) is 0. The van der Waals surface area contributed by atoms with Crippen LogP contribution in [0.1, 0.15) is 0 Å². The first kappa shape index (κ1) is 2.33. The fourth-order valence-electron chi connectivity index (χ4n) is 1.18. The molecule has 0 aromatic heterocycles. The van der Waals surface area contributed by atoms with Crippen molar-refractivity contribution in [3.05, 3.63) is 0 Å². The van der Waals surface area contributed by atoms with Gasteiger partial charge in [-0.1, -0.05) is 12.6 Å². The van der Waals surface area contributed by atoms with E-state index in [2.05, 4.69) is 0 Å². The molecule has 2 heteroatoms. The Morgan fingerprint density at radius 1 is 1.00 bits per heavy atom. The molecule has 0 radical (unpaired) electrons. The summed E-state index contributed by atoms with van der Waals surface area (Å²) in [6.07, 6.45) is 4.70. The molecule has 2 aliphatic rings. The average Bonchev–Trinajstić information content (AvgIpc) is 1.74. The Labute approximate surface area is 33.1 Å². The van der Waals surface area contributed by atoms with Crippen LogP contribution in [0.5, 0.6) is 0 Å². The van der Waals surface area contributed by atoms with Gasteiger partial charge in [0.05, 0.1) is 13.2 Å². The molecule has 0 N–H and O–H groups in total. The van der Waals surface area contributed by atoms with Crippen molar-refractivity contribution in [2.24, 2.45) is 0 Å². The Kier molecular flexibility index (Phi) is 0.226. The van der Waals surface area contributed by atoms with Gasteiger partial charge in [0.2, 0.25) is 0 Å². The van der Waals surface area contributed by atoms with Gasteiger partial charge in [0.15, 0.2) is 0 Å². The second-order valence-corrected chi connectivity index (χ2v) is 2.33. The molecule has 0 aromatic carbocycles. The number of hydrogen-bond donors (Lipinski definition) is 0. The van der Waals surface area contributed by atoms with Gasteiger partial charge in [0.1, 0.15) is 0 Å². The first-order chi connectivity index (χ1) is 2.47. The van der Waals surface area contributed by atoms with Gasteiger partial charge in [-0.3, -0.25) is 0 Å². The monoisotopic (exact) mass is 64.1 g/mol. The Hall–Kier alpha value is 0.130. The number of rotatable bonds is 0. The van der Waals surface area contributed by atoms with Crippen LogP contribution in [0, 0.1) is 0 Å². The normalized spacial score (nSPS) is 28.8. The van der Waals surface area contributed by atoms with Crippen molar-refractivity contribution in [1.82, 2.24) is 0 Å². The maximum Gasteiger partial charge on any atom is 0.0994 e. The third kappa shape index (κ3) is 0.151. The van der Waals surface area contributed by atoms with Crippen LogP contribution in [0.3, 0.4) is 0 Å². The van der Waals surface area contributed by atoms with Crippen molar-refractivity contribution in [2.75, 3.05) is 0 Å². The second-order valence-electron chi connectivity index (χ2n) is 2.33. The van der Waals surface area contributed by atoms with Crippen molar-refractivity contribution in [3.8, 4) is 0 Å². The van der Waals surface area contributed by atoms with Crippen LogP contribution in [0.25, 0.3) is 0 Å². The summed E-state index contributed by atoms with van der Waals surface area (Å²) in [4.78, 5) is 0. The van der Waals surface area contributed by atoms with Gasteiger partial charge < -0.3 is 0 Å². The minimum Gasteiger partial charge on any atom is -0.107 e. The lowest BCUT2D eigenvalue weighted by Crippen LogP contribution is -2.13. The Morgan fingerprint density at radius 2 is 1.60 bits per heavy atom. The lowest BCUT2D eigenvalue weighted by atomic mass is 9.25. The zero-order chi connectivity index (χ0) is 3.28. The SMILES string of the molecule is C1CB2CB12. The van der Waals surface area contributed by atoms with Crippen LogP contribution in [0.2, 0.25) is 18.9 Å². The van der Waals surface area contributed by atoms with Crippen LogP contribution in [-0.2, 0) is 0 Å². The highest BCUT2D eigenvalue weighted by atomic mass is 13.9. The first-order valence-electron chi connectivity index (χ1n) is 2.47. The minimum atomic E-state index is 1.23. The van der Waals surface area contributed by atoms with E-state index in [9.17, 15) is 0 Å². The summed E-state index contributed by atoms with van der Waals surface area (Å²) in [5.41, 5.74) is 0. The zero-order valence-corrected chi connectivity index (χ0v) is 3.28. The summed E-state index contributed by atoms with van der Waals surface area (Å²) >= 11 is 0. The van der Waals surface area contributed by atoms with Crippen LogP contribution < -0.4 is 0 Å². The molecule has 2 rings (SSSR count). The zero-order valence-electron chi connectivity index (χ0n) is 3.28. The van der Waals surface area contributed by atoms with Crippen LogP contribution in [-0.4, -0.2) is 13.2 Å². The van der Waals surface area contributed by atoms with Gasteiger partial charge in [0.25, 0.3) is 0 Å². The average molecular weight is 63.7 g/mol. The van der Waals surface area contributed by atoms with Gasteiger partial charge in [0, 0.05) is 0 Å².